The van der Waals surface area contributed by atoms with Gasteiger partial charge in [0.15, 0.2) is 5.84 Å². The second-order valence-corrected chi connectivity index (χ2v) is 5.29. The lowest BCUT2D eigenvalue weighted by Gasteiger charge is -2.36. The SMILES string of the molecule is NC(=NO)C1(NC(=O)NC2CCOC2)CCCCC1. The van der Waals surface area contributed by atoms with E-state index >= 15 is 0 Å². The third kappa shape index (κ3) is 3.28. The summed E-state index contributed by atoms with van der Waals surface area (Å²) in [7, 11) is 0. The number of rotatable bonds is 3. The standard InChI is InChI=1S/C12H22N4O3/c13-10(16-18)12(5-2-1-3-6-12)15-11(17)14-9-4-7-19-8-9/h9,18H,1-8H2,(H2,13,16)(H2,14,15,17). The number of nitrogens with one attached hydrogen (secondary N) is 2. The van der Waals surface area contributed by atoms with Crippen molar-refractivity contribution in [1.82, 2.24) is 10.6 Å². The largest absolute Gasteiger partial charge is 0.409 e. The zero-order valence-electron chi connectivity index (χ0n) is 11.0. The molecular weight excluding hydrogens is 248 g/mol. The van der Waals surface area contributed by atoms with Gasteiger partial charge in [-0.25, -0.2) is 4.79 Å². The van der Waals surface area contributed by atoms with Crippen molar-refractivity contribution in [3.05, 3.63) is 0 Å². The van der Waals surface area contributed by atoms with E-state index in [0.717, 1.165) is 25.7 Å². The first kappa shape index (κ1) is 13.9. The van der Waals surface area contributed by atoms with Gasteiger partial charge in [0.2, 0.25) is 0 Å². The van der Waals surface area contributed by atoms with Crippen LogP contribution < -0.4 is 16.4 Å². The topological polar surface area (TPSA) is 109 Å². The van der Waals surface area contributed by atoms with Gasteiger partial charge in [0.05, 0.1) is 12.6 Å². The molecule has 19 heavy (non-hydrogen) atoms. The molecule has 5 N–H and O–H groups in total. The van der Waals surface area contributed by atoms with Gasteiger partial charge in [-0.3, -0.25) is 0 Å². The number of amidine groups is 1. The fourth-order valence-corrected chi connectivity index (χ4v) is 2.78. The molecule has 1 saturated carbocycles. The molecule has 1 aliphatic heterocycles. The van der Waals surface area contributed by atoms with Crippen molar-refractivity contribution in [2.24, 2.45) is 10.9 Å². The van der Waals surface area contributed by atoms with E-state index in [1.807, 2.05) is 0 Å². The van der Waals surface area contributed by atoms with Crippen molar-refractivity contribution in [1.29, 1.82) is 0 Å². The zero-order valence-corrected chi connectivity index (χ0v) is 11.0. The molecule has 0 aromatic rings. The first-order valence-electron chi connectivity index (χ1n) is 6.81. The fourth-order valence-electron chi connectivity index (χ4n) is 2.78. The molecule has 1 heterocycles. The number of hydrogen-bond acceptors (Lipinski definition) is 4. The van der Waals surface area contributed by atoms with Crippen LogP contribution in [-0.4, -0.2) is 41.9 Å². The highest BCUT2D eigenvalue weighted by Crippen LogP contribution is 2.28. The summed E-state index contributed by atoms with van der Waals surface area (Å²) < 4.78 is 5.21. The average Bonchev–Trinajstić information content (AvgIpc) is 2.91. The highest BCUT2D eigenvalue weighted by molar-refractivity contribution is 5.93. The third-order valence-electron chi connectivity index (χ3n) is 3.92. The van der Waals surface area contributed by atoms with Gasteiger partial charge in [0.25, 0.3) is 0 Å². The highest BCUT2D eigenvalue weighted by atomic mass is 16.5. The van der Waals surface area contributed by atoms with Gasteiger partial charge in [-0.05, 0) is 19.3 Å². The molecule has 2 amide bonds. The predicted molar refractivity (Wildman–Crippen MR) is 70.1 cm³/mol. The van der Waals surface area contributed by atoms with E-state index in [1.165, 1.54) is 0 Å². The molecule has 0 aromatic carbocycles. The fraction of sp³-hybridized carbons (Fsp3) is 0.833. The Kier molecular flexibility index (Phi) is 4.47. The Morgan fingerprint density at radius 3 is 2.68 bits per heavy atom. The second-order valence-electron chi connectivity index (χ2n) is 5.29. The molecule has 0 aromatic heterocycles. The summed E-state index contributed by atoms with van der Waals surface area (Å²) in [6.45, 7) is 1.22. The van der Waals surface area contributed by atoms with Crippen molar-refractivity contribution < 1.29 is 14.7 Å². The maximum atomic E-state index is 12.0. The quantitative estimate of drug-likeness (QED) is 0.259. The van der Waals surface area contributed by atoms with E-state index in [1.54, 1.807) is 0 Å². The molecule has 0 spiro atoms. The van der Waals surface area contributed by atoms with E-state index < -0.39 is 5.54 Å². The van der Waals surface area contributed by atoms with Crippen LogP contribution in [0, 0.1) is 0 Å². The average molecular weight is 270 g/mol. The van der Waals surface area contributed by atoms with Gasteiger partial charge in [0.1, 0.15) is 5.54 Å². The summed E-state index contributed by atoms with van der Waals surface area (Å²) in [6.07, 6.45) is 5.27. The van der Waals surface area contributed by atoms with Gasteiger partial charge >= 0.3 is 6.03 Å². The molecule has 1 saturated heterocycles. The van der Waals surface area contributed by atoms with Gasteiger partial charge in [-0.1, -0.05) is 24.4 Å². The Morgan fingerprint density at radius 1 is 1.37 bits per heavy atom. The lowest BCUT2D eigenvalue weighted by Crippen LogP contribution is -2.61. The minimum absolute atomic E-state index is 0.0490. The van der Waals surface area contributed by atoms with E-state index in [4.69, 9.17) is 15.7 Å². The number of ether oxygens (including phenoxy) is 1. The molecule has 0 radical (unpaired) electrons. The maximum Gasteiger partial charge on any atom is 0.315 e. The Morgan fingerprint density at radius 2 is 2.11 bits per heavy atom. The van der Waals surface area contributed by atoms with E-state index in [9.17, 15) is 4.79 Å². The molecule has 1 atom stereocenters. The molecule has 2 fully saturated rings. The number of nitrogens with zero attached hydrogens (tertiary/aromatic N) is 1. The smallest absolute Gasteiger partial charge is 0.315 e. The summed E-state index contributed by atoms with van der Waals surface area (Å²) >= 11 is 0. The molecule has 108 valence electrons. The number of carbonyl (C=O) groups is 1. The number of amides is 2. The van der Waals surface area contributed by atoms with Crippen molar-refractivity contribution in [3.63, 3.8) is 0 Å². The maximum absolute atomic E-state index is 12.0. The van der Waals surface area contributed by atoms with Crippen molar-refractivity contribution in [3.8, 4) is 0 Å². The lowest BCUT2D eigenvalue weighted by atomic mass is 9.81. The zero-order chi connectivity index (χ0) is 13.7. The summed E-state index contributed by atoms with van der Waals surface area (Å²) in [5.74, 6) is 0.0880. The van der Waals surface area contributed by atoms with Crippen LogP contribution in [0.4, 0.5) is 4.79 Å². The first-order valence-corrected chi connectivity index (χ1v) is 6.81. The van der Waals surface area contributed by atoms with E-state index in [0.29, 0.717) is 26.1 Å². The van der Waals surface area contributed by atoms with Gasteiger partial charge in [0, 0.05) is 6.61 Å². The van der Waals surface area contributed by atoms with Crippen LogP contribution in [-0.2, 0) is 4.74 Å². The van der Waals surface area contributed by atoms with Crippen LogP contribution in [0.5, 0.6) is 0 Å². The van der Waals surface area contributed by atoms with Crippen LogP contribution >= 0.6 is 0 Å². The normalized spacial score (nSPS) is 26.9. The lowest BCUT2D eigenvalue weighted by molar-refractivity contribution is 0.186. The number of hydrogen-bond donors (Lipinski definition) is 4. The molecule has 1 unspecified atom stereocenters. The van der Waals surface area contributed by atoms with E-state index in [-0.39, 0.29) is 17.9 Å². The monoisotopic (exact) mass is 270 g/mol. The number of carbonyl (C=O) groups excluding carboxylic acids is 1. The molecular formula is C12H22N4O3. The Hall–Kier alpha value is -1.50. The first-order chi connectivity index (χ1) is 9.16. The summed E-state index contributed by atoms with van der Waals surface area (Å²) in [6, 6.07) is -0.225. The van der Waals surface area contributed by atoms with Gasteiger partial charge < -0.3 is 26.3 Å². The minimum Gasteiger partial charge on any atom is -0.409 e. The van der Waals surface area contributed by atoms with Gasteiger partial charge in [-0.2, -0.15) is 0 Å². The number of nitrogens with two attached hydrogens (primary N) is 1. The van der Waals surface area contributed by atoms with Crippen molar-refractivity contribution in [2.75, 3.05) is 13.2 Å². The molecule has 7 heteroatoms. The molecule has 0 bridgehead atoms. The number of urea groups is 1. The van der Waals surface area contributed by atoms with Crippen LogP contribution in [0.15, 0.2) is 5.16 Å². The van der Waals surface area contributed by atoms with Crippen LogP contribution in [0.3, 0.4) is 0 Å². The van der Waals surface area contributed by atoms with Gasteiger partial charge in [-0.15, -0.1) is 0 Å². The van der Waals surface area contributed by atoms with Crippen LogP contribution in [0.1, 0.15) is 38.5 Å². The summed E-state index contributed by atoms with van der Waals surface area (Å²) in [5.41, 5.74) is 5.06. The third-order valence-corrected chi connectivity index (χ3v) is 3.92. The predicted octanol–water partition coefficient (Wildman–Crippen LogP) is 0.524. The molecule has 2 rings (SSSR count). The molecule has 7 nitrogen and oxygen atoms in total. The molecule has 1 aliphatic carbocycles. The number of oxime groups is 1. The van der Waals surface area contributed by atoms with Crippen LogP contribution in [0.25, 0.3) is 0 Å². The highest BCUT2D eigenvalue weighted by Gasteiger charge is 2.38. The summed E-state index contributed by atoms with van der Waals surface area (Å²) in [4.78, 5) is 12.0. The molecule has 2 aliphatic rings. The minimum atomic E-state index is -0.712. The second kappa shape index (κ2) is 6.10. The van der Waals surface area contributed by atoms with Crippen molar-refractivity contribution >= 4 is 11.9 Å². The summed E-state index contributed by atoms with van der Waals surface area (Å²) in [5, 5.41) is 17.8. The van der Waals surface area contributed by atoms with Crippen LogP contribution in [0.2, 0.25) is 0 Å². The van der Waals surface area contributed by atoms with E-state index in [2.05, 4.69) is 15.8 Å². The Balaban J connectivity index is 1.97. The Bertz CT molecular complexity index is 347. The Labute approximate surface area is 112 Å². The van der Waals surface area contributed by atoms with Crippen molar-refractivity contribution in [2.45, 2.75) is 50.1 Å².